The van der Waals surface area contributed by atoms with Crippen LogP contribution in [0.5, 0.6) is 0 Å². The molecule has 3 nitrogen and oxygen atoms in total. The van der Waals surface area contributed by atoms with Crippen LogP contribution in [0.25, 0.3) is 0 Å². The van der Waals surface area contributed by atoms with Crippen LogP contribution in [0.2, 0.25) is 0 Å². The van der Waals surface area contributed by atoms with Gasteiger partial charge in [0.25, 0.3) is 0 Å². The van der Waals surface area contributed by atoms with Gasteiger partial charge in [0.15, 0.2) is 0 Å². The number of nitrogens with zero attached hydrogens (tertiary/aromatic N) is 1. The third-order valence-electron chi connectivity index (χ3n) is 3.09. The van der Waals surface area contributed by atoms with E-state index in [9.17, 15) is 4.79 Å². The number of likely N-dealkylation sites (N-methyl/N-ethyl adjacent to an activating group) is 1. The molecule has 0 saturated heterocycles. The van der Waals surface area contributed by atoms with Crippen molar-refractivity contribution in [2.24, 2.45) is 0 Å². The van der Waals surface area contributed by atoms with Gasteiger partial charge in [-0.2, -0.15) is 0 Å². The van der Waals surface area contributed by atoms with E-state index in [1.54, 1.807) is 6.92 Å². The first-order valence-corrected chi connectivity index (χ1v) is 5.95. The summed E-state index contributed by atoms with van der Waals surface area (Å²) >= 11 is 0. The molecule has 0 aliphatic heterocycles. The van der Waals surface area contributed by atoms with Crippen LogP contribution in [0.15, 0.2) is 12.1 Å². The second-order valence-corrected chi connectivity index (χ2v) is 4.55. The van der Waals surface area contributed by atoms with Crippen LogP contribution >= 0.6 is 0 Å². The molecule has 0 heterocycles. The van der Waals surface area contributed by atoms with Gasteiger partial charge in [-0.15, -0.1) is 0 Å². The smallest absolute Gasteiger partial charge is 0.326 e. The summed E-state index contributed by atoms with van der Waals surface area (Å²) in [5.74, 6) is -0.786. The minimum Gasteiger partial charge on any atom is -0.480 e. The average molecular weight is 235 g/mol. The fraction of sp³-hybridized carbons (Fsp3) is 0.500. The van der Waals surface area contributed by atoms with Gasteiger partial charge in [-0.3, -0.25) is 0 Å². The highest BCUT2D eigenvalue weighted by Crippen LogP contribution is 2.27. The molecule has 0 unspecified atom stereocenters. The predicted octanol–water partition coefficient (Wildman–Crippen LogP) is 2.91. The van der Waals surface area contributed by atoms with E-state index in [-0.39, 0.29) is 0 Å². The van der Waals surface area contributed by atoms with Gasteiger partial charge in [0.1, 0.15) is 6.04 Å². The largest absolute Gasteiger partial charge is 0.480 e. The van der Waals surface area contributed by atoms with Gasteiger partial charge in [-0.05, 0) is 45.7 Å². The van der Waals surface area contributed by atoms with E-state index in [1.807, 2.05) is 25.7 Å². The van der Waals surface area contributed by atoms with Crippen molar-refractivity contribution in [3.8, 4) is 0 Å². The first-order valence-electron chi connectivity index (χ1n) is 5.95. The van der Waals surface area contributed by atoms with Gasteiger partial charge >= 0.3 is 5.97 Å². The molecule has 1 aromatic rings. The number of anilines is 1. The van der Waals surface area contributed by atoms with Gasteiger partial charge in [-0.25, -0.2) is 4.79 Å². The maximum Gasteiger partial charge on any atom is 0.326 e. The molecule has 0 aromatic heterocycles. The van der Waals surface area contributed by atoms with Crippen LogP contribution in [0.4, 0.5) is 5.69 Å². The van der Waals surface area contributed by atoms with E-state index in [0.717, 1.165) is 16.8 Å². The zero-order chi connectivity index (χ0) is 13.2. The topological polar surface area (TPSA) is 40.5 Å². The van der Waals surface area contributed by atoms with E-state index < -0.39 is 12.0 Å². The molecule has 0 aliphatic rings. The Bertz CT molecular complexity index is 403. The quantitative estimate of drug-likeness (QED) is 0.872. The highest BCUT2D eigenvalue weighted by atomic mass is 16.4. The Labute approximate surface area is 103 Å². The van der Waals surface area contributed by atoms with Crippen LogP contribution in [0.1, 0.15) is 30.5 Å². The first kappa shape index (κ1) is 13.6. The lowest BCUT2D eigenvalue weighted by Crippen LogP contribution is -2.39. The predicted molar refractivity (Wildman–Crippen MR) is 70.8 cm³/mol. The number of aryl methyl sites for hydroxylation is 3. The summed E-state index contributed by atoms with van der Waals surface area (Å²) in [5, 5.41) is 9.14. The zero-order valence-corrected chi connectivity index (χ0v) is 11.2. The van der Waals surface area contributed by atoms with E-state index in [2.05, 4.69) is 19.1 Å². The Balaban J connectivity index is 3.25. The Morgan fingerprint density at radius 1 is 1.29 bits per heavy atom. The minimum absolute atomic E-state index is 0.500. The lowest BCUT2D eigenvalue weighted by atomic mass is 10.0. The molecular formula is C14H21NO2. The van der Waals surface area contributed by atoms with Gasteiger partial charge in [0.05, 0.1) is 0 Å². The standard InChI is InChI=1S/C14H21NO2/c1-6-15(12(5)14(16)17)13-10(3)7-9(2)8-11(13)4/h7-8,12H,6H2,1-5H3,(H,16,17)/t12-/m1/s1. The van der Waals surface area contributed by atoms with Gasteiger partial charge < -0.3 is 10.0 Å². The summed E-state index contributed by atoms with van der Waals surface area (Å²) in [6, 6.07) is 3.69. The minimum atomic E-state index is -0.786. The van der Waals surface area contributed by atoms with E-state index in [1.165, 1.54) is 5.56 Å². The summed E-state index contributed by atoms with van der Waals surface area (Å²) in [6.45, 7) is 10.5. The number of rotatable bonds is 4. The molecule has 94 valence electrons. The molecule has 3 heteroatoms. The molecule has 1 atom stereocenters. The number of carboxylic acid groups (broad SMARTS) is 1. The molecule has 0 bridgehead atoms. The van der Waals surface area contributed by atoms with Crippen LogP contribution in [-0.4, -0.2) is 23.7 Å². The molecular weight excluding hydrogens is 214 g/mol. The van der Waals surface area contributed by atoms with Crippen LogP contribution in [0, 0.1) is 20.8 Å². The van der Waals surface area contributed by atoms with Gasteiger partial charge in [0.2, 0.25) is 0 Å². The molecule has 0 amide bonds. The molecule has 17 heavy (non-hydrogen) atoms. The second-order valence-electron chi connectivity index (χ2n) is 4.55. The third kappa shape index (κ3) is 2.78. The van der Waals surface area contributed by atoms with E-state index in [0.29, 0.717) is 6.54 Å². The number of hydrogen-bond acceptors (Lipinski definition) is 2. The first-order chi connectivity index (χ1) is 7.88. The number of carbonyl (C=O) groups is 1. The maximum absolute atomic E-state index is 11.1. The summed E-state index contributed by atoms with van der Waals surface area (Å²) in [5.41, 5.74) is 4.53. The summed E-state index contributed by atoms with van der Waals surface area (Å²) in [4.78, 5) is 13.1. The maximum atomic E-state index is 11.1. The SMILES string of the molecule is CCN(c1c(C)cc(C)cc1C)[C@H](C)C(=O)O. The van der Waals surface area contributed by atoms with Crippen LogP contribution < -0.4 is 4.90 Å². The normalized spacial score (nSPS) is 12.3. The van der Waals surface area contributed by atoms with Gasteiger partial charge in [-0.1, -0.05) is 17.7 Å². The van der Waals surface area contributed by atoms with Crippen molar-refractivity contribution in [1.29, 1.82) is 0 Å². The Morgan fingerprint density at radius 2 is 1.76 bits per heavy atom. The van der Waals surface area contributed by atoms with Gasteiger partial charge in [0, 0.05) is 12.2 Å². The van der Waals surface area contributed by atoms with E-state index >= 15 is 0 Å². The fourth-order valence-corrected chi connectivity index (χ4v) is 2.38. The molecule has 1 rings (SSSR count). The highest BCUT2D eigenvalue weighted by Gasteiger charge is 2.22. The Hall–Kier alpha value is -1.51. The Morgan fingerprint density at radius 3 is 2.12 bits per heavy atom. The van der Waals surface area contributed by atoms with Crippen LogP contribution in [0.3, 0.4) is 0 Å². The van der Waals surface area contributed by atoms with Crippen molar-refractivity contribution < 1.29 is 9.90 Å². The molecule has 1 N–H and O–H groups in total. The Kier molecular flexibility index (Phi) is 4.16. The molecule has 0 saturated carbocycles. The third-order valence-corrected chi connectivity index (χ3v) is 3.09. The van der Waals surface area contributed by atoms with E-state index in [4.69, 9.17) is 5.11 Å². The zero-order valence-electron chi connectivity index (χ0n) is 11.2. The molecule has 0 aliphatic carbocycles. The van der Waals surface area contributed by atoms with Crippen molar-refractivity contribution in [3.05, 3.63) is 28.8 Å². The lowest BCUT2D eigenvalue weighted by molar-refractivity contribution is -0.138. The summed E-state index contributed by atoms with van der Waals surface area (Å²) in [6.07, 6.45) is 0. The molecule has 1 aromatic carbocycles. The molecule has 0 spiro atoms. The van der Waals surface area contributed by atoms with Crippen molar-refractivity contribution in [2.75, 3.05) is 11.4 Å². The van der Waals surface area contributed by atoms with Crippen molar-refractivity contribution in [1.82, 2.24) is 0 Å². The highest BCUT2D eigenvalue weighted by molar-refractivity contribution is 5.79. The van der Waals surface area contributed by atoms with Crippen molar-refractivity contribution >= 4 is 11.7 Å². The monoisotopic (exact) mass is 235 g/mol. The fourth-order valence-electron chi connectivity index (χ4n) is 2.38. The number of carboxylic acids is 1. The lowest BCUT2D eigenvalue weighted by Gasteiger charge is -2.30. The summed E-state index contributed by atoms with van der Waals surface area (Å²) in [7, 11) is 0. The molecule has 0 fully saturated rings. The number of hydrogen-bond donors (Lipinski definition) is 1. The number of aliphatic carboxylic acids is 1. The number of benzene rings is 1. The second kappa shape index (κ2) is 5.21. The molecule has 0 radical (unpaired) electrons. The van der Waals surface area contributed by atoms with Crippen LogP contribution in [-0.2, 0) is 4.79 Å². The average Bonchev–Trinajstić information content (AvgIpc) is 2.21. The van der Waals surface area contributed by atoms with Crippen molar-refractivity contribution in [3.63, 3.8) is 0 Å². The summed E-state index contributed by atoms with van der Waals surface area (Å²) < 4.78 is 0. The van der Waals surface area contributed by atoms with Crippen molar-refractivity contribution in [2.45, 2.75) is 40.7 Å².